The molecule has 0 aliphatic carbocycles. The van der Waals surface area contributed by atoms with Gasteiger partial charge in [0.05, 0.1) is 6.21 Å². The number of carbonyl (C=O) groups excluding carboxylic acids is 1. The van der Waals surface area contributed by atoms with Crippen molar-refractivity contribution in [3.05, 3.63) is 0 Å². The minimum atomic E-state index is 0.0306. The number of hydrogen-bond acceptors (Lipinski definition) is 3. The third kappa shape index (κ3) is 3.70. The van der Waals surface area contributed by atoms with Crippen molar-refractivity contribution in [1.82, 2.24) is 0 Å². The van der Waals surface area contributed by atoms with Gasteiger partial charge in [-0.15, -0.1) is 5.16 Å². The smallest absolute Gasteiger partial charge is 0.140 e. The molecule has 0 aromatic carbocycles. The van der Waals surface area contributed by atoms with Crippen LogP contribution >= 0.6 is 0 Å². The zero-order valence-corrected chi connectivity index (χ0v) is 5.66. The molecule has 0 fully saturated rings. The molecule has 0 aliphatic heterocycles. The highest BCUT2D eigenvalue weighted by Gasteiger charge is 2.03. The molecule has 0 aromatic heterocycles. The van der Waals surface area contributed by atoms with E-state index < -0.39 is 0 Å². The monoisotopic (exact) mass is 129 g/mol. The van der Waals surface area contributed by atoms with E-state index in [0.29, 0.717) is 0 Å². The van der Waals surface area contributed by atoms with Gasteiger partial charge in [-0.2, -0.15) is 0 Å². The lowest BCUT2D eigenvalue weighted by Crippen LogP contribution is -2.06. The van der Waals surface area contributed by atoms with Crippen LogP contribution in [0, 0.1) is 5.92 Å². The fourth-order valence-electron chi connectivity index (χ4n) is 0.366. The molecule has 3 nitrogen and oxygen atoms in total. The second-order valence-corrected chi connectivity index (χ2v) is 2.12. The van der Waals surface area contributed by atoms with Crippen molar-refractivity contribution >= 4 is 12.0 Å². The fraction of sp³-hybridized carbons (Fsp3) is 0.667. The molecule has 0 heterocycles. The molecule has 0 amide bonds. The Labute approximate surface area is 54.4 Å². The summed E-state index contributed by atoms with van der Waals surface area (Å²) in [7, 11) is 0. The van der Waals surface area contributed by atoms with Gasteiger partial charge in [-0.1, -0.05) is 13.8 Å². The quantitative estimate of drug-likeness (QED) is 0.352. The standard InChI is InChI=1S/C6H11NO2/c1-5(2)6(8)3-4-7-9/h4-5,9H,3H2,1-2H3/b7-4-. The van der Waals surface area contributed by atoms with E-state index in [1.807, 2.05) is 13.8 Å². The van der Waals surface area contributed by atoms with Crippen LogP contribution in [0.1, 0.15) is 20.3 Å². The average molecular weight is 129 g/mol. The minimum Gasteiger partial charge on any atom is -0.411 e. The van der Waals surface area contributed by atoms with Crippen LogP contribution in [-0.4, -0.2) is 17.2 Å². The molecule has 0 aromatic rings. The number of ketones is 1. The van der Waals surface area contributed by atoms with E-state index in [1.165, 1.54) is 6.21 Å². The van der Waals surface area contributed by atoms with Crippen LogP contribution in [0.3, 0.4) is 0 Å². The molecule has 1 N–H and O–H groups in total. The van der Waals surface area contributed by atoms with Gasteiger partial charge in [0, 0.05) is 12.3 Å². The van der Waals surface area contributed by atoms with E-state index in [0.717, 1.165) is 0 Å². The highest BCUT2D eigenvalue weighted by Crippen LogP contribution is 1.95. The molecular weight excluding hydrogens is 118 g/mol. The second-order valence-electron chi connectivity index (χ2n) is 2.12. The van der Waals surface area contributed by atoms with Crippen molar-refractivity contribution in [2.24, 2.45) is 11.1 Å². The topological polar surface area (TPSA) is 49.7 Å². The lowest BCUT2D eigenvalue weighted by molar-refractivity contribution is -0.120. The first-order valence-electron chi connectivity index (χ1n) is 2.87. The Bertz CT molecular complexity index is 118. The maximum atomic E-state index is 10.7. The average Bonchev–Trinajstić information content (AvgIpc) is 1.82. The summed E-state index contributed by atoms with van der Waals surface area (Å²) in [6.07, 6.45) is 1.43. The maximum Gasteiger partial charge on any atom is 0.140 e. The lowest BCUT2D eigenvalue weighted by atomic mass is 10.1. The van der Waals surface area contributed by atoms with Gasteiger partial charge in [-0.3, -0.25) is 4.79 Å². The number of oxime groups is 1. The van der Waals surface area contributed by atoms with Gasteiger partial charge < -0.3 is 5.21 Å². The molecule has 0 radical (unpaired) electrons. The number of nitrogens with zero attached hydrogens (tertiary/aromatic N) is 1. The summed E-state index contributed by atoms with van der Waals surface area (Å²) >= 11 is 0. The van der Waals surface area contributed by atoms with Crippen molar-refractivity contribution in [1.29, 1.82) is 0 Å². The summed E-state index contributed by atoms with van der Waals surface area (Å²) in [6, 6.07) is 0. The summed E-state index contributed by atoms with van der Waals surface area (Å²) in [4.78, 5) is 10.7. The van der Waals surface area contributed by atoms with Crippen LogP contribution in [0.25, 0.3) is 0 Å². The maximum absolute atomic E-state index is 10.7. The normalized spacial score (nSPS) is 11.0. The highest BCUT2D eigenvalue weighted by atomic mass is 16.4. The zero-order valence-electron chi connectivity index (χ0n) is 5.66. The first kappa shape index (κ1) is 8.14. The Balaban J connectivity index is 3.51. The van der Waals surface area contributed by atoms with Crippen LogP contribution in [0.15, 0.2) is 5.16 Å². The van der Waals surface area contributed by atoms with Gasteiger partial charge in [-0.25, -0.2) is 0 Å². The molecule has 0 rings (SSSR count). The van der Waals surface area contributed by atoms with E-state index in [9.17, 15) is 4.79 Å². The first-order valence-corrected chi connectivity index (χ1v) is 2.87. The van der Waals surface area contributed by atoms with Crippen LogP contribution in [0.4, 0.5) is 0 Å². The largest absolute Gasteiger partial charge is 0.411 e. The highest BCUT2D eigenvalue weighted by molar-refractivity contribution is 5.92. The third-order valence-electron chi connectivity index (χ3n) is 1.02. The van der Waals surface area contributed by atoms with E-state index in [1.54, 1.807) is 0 Å². The molecule has 0 unspecified atom stereocenters. The number of hydrogen-bond donors (Lipinski definition) is 1. The molecule has 0 bridgehead atoms. The summed E-state index contributed by atoms with van der Waals surface area (Å²) in [6.45, 7) is 3.63. The summed E-state index contributed by atoms with van der Waals surface area (Å²) in [5, 5.41) is 10.6. The van der Waals surface area contributed by atoms with Crippen LogP contribution in [0.5, 0.6) is 0 Å². The molecule has 0 saturated carbocycles. The number of rotatable bonds is 3. The summed E-state index contributed by atoms with van der Waals surface area (Å²) < 4.78 is 0. The van der Waals surface area contributed by atoms with Crippen LogP contribution in [0.2, 0.25) is 0 Å². The van der Waals surface area contributed by atoms with Crippen molar-refractivity contribution < 1.29 is 10.0 Å². The van der Waals surface area contributed by atoms with Crippen LogP contribution < -0.4 is 0 Å². The molecule has 0 saturated heterocycles. The second kappa shape index (κ2) is 4.06. The molecule has 52 valence electrons. The van der Waals surface area contributed by atoms with Gasteiger partial charge in [0.25, 0.3) is 0 Å². The Kier molecular flexibility index (Phi) is 3.67. The Morgan fingerprint density at radius 3 is 2.67 bits per heavy atom. The van der Waals surface area contributed by atoms with Crippen LogP contribution in [-0.2, 0) is 4.79 Å². The Morgan fingerprint density at radius 1 is 1.78 bits per heavy atom. The van der Waals surface area contributed by atoms with Crippen molar-refractivity contribution in [2.75, 3.05) is 0 Å². The SMILES string of the molecule is CC(C)C(=O)C/C=N\O. The number of carbonyl (C=O) groups is 1. The van der Waals surface area contributed by atoms with Gasteiger partial charge in [0.1, 0.15) is 5.78 Å². The van der Waals surface area contributed by atoms with Gasteiger partial charge >= 0.3 is 0 Å². The number of Topliss-reactive ketones (excluding diaryl/α,β-unsaturated/α-hetero) is 1. The summed E-state index contributed by atoms with van der Waals surface area (Å²) in [5.41, 5.74) is 0. The fourth-order valence-corrected chi connectivity index (χ4v) is 0.366. The van der Waals surface area contributed by atoms with E-state index >= 15 is 0 Å². The predicted molar refractivity (Wildman–Crippen MR) is 34.7 cm³/mol. The van der Waals surface area contributed by atoms with Crippen molar-refractivity contribution in [3.63, 3.8) is 0 Å². The summed E-state index contributed by atoms with van der Waals surface area (Å²) in [5.74, 6) is 0.121. The Hall–Kier alpha value is -0.860. The zero-order chi connectivity index (χ0) is 7.28. The van der Waals surface area contributed by atoms with Gasteiger partial charge in [0.2, 0.25) is 0 Å². The Morgan fingerprint density at radius 2 is 2.33 bits per heavy atom. The van der Waals surface area contributed by atoms with Crippen molar-refractivity contribution in [2.45, 2.75) is 20.3 Å². The predicted octanol–water partition coefficient (Wildman–Crippen LogP) is 1.06. The molecule has 9 heavy (non-hydrogen) atoms. The van der Waals surface area contributed by atoms with Crippen molar-refractivity contribution in [3.8, 4) is 0 Å². The lowest BCUT2D eigenvalue weighted by Gasteiger charge is -1.96. The molecule has 0 atom stereocenters. The molecule has 0 spiro atoms. The van der Waals surface area contributed by atoms with E-state index in [4.69, 9.17) is 5.21 Å². The van der Waals surface area contributed by atoms with E-state index in [2.05, 4.69) is 5.16 Å². The third-order valence-corrected chi connectivity index (χ3v) is 1.02. The first-order chi connectivity index (χ1) is 4.18. The van der Waals surface area contributed by atoms with E-state index in [-0.39, 0.29) is 18.1 Å². The minimum absolute atomic E-state index is 0.0306. The molecule has 3 heteroatoms. The van der Waals surface area contributed by atoms with Gasteiger partial charge in [-0.05, 0) is 0 Å². The molecular formula is C6H11NO2. The van der Waals surface area contributed by atoms with Gasteiger partial charge in [0.15, 0.2) is 0 Å². The molecule has 0 aliphatic rings.